The van der Waals surface area contributed by atoms with Gasteiger partial charge in [-0.05, 0) is 24.5 Å². The number of anilines is 1. The smallest absolute Gasteiger partial charge is 0.233 e. The Hall–Kier alpha value is -1.73. The van der Waals surface area contributed by atoms with Crippen LogP contribution in [0.4, 0.5) is 5.13 Å². The predicted octanol–water partition coefficient (Wildman–Crippen LogP) is 3.43. The molecule has 0 aliphatic carbocycles. The van der Waals surface area contributed by atoms with Gasteiger partial charge in [0.15, 0.2) is 5.13 Å². The zero-order chi connectivity index (χ0) is 16.8. The van der Waals surface area contributed by atoms with Crippen LogP contribution in [-0.4, -0.2) is 30.6 Å². The van der Waals surface area contributed by atoms with Crippen LogP contribution in [0.2, 0.25) is 0 Å². The van der Waals surface area contributed by atoms with Crippen molar-refractivity contribution in [2.24, 2.45) is 11.1 Å². The highest BCUT2D eigenvalue weighted by atomic mass is 35.5. The van der Waals surface area contributed by atoms with Crippen molar-refractivity contribution in [3.8, 4) is 0 Å². The van der Waals surface area contributed by atoms with Gasteiger partial charge < -0.3 is 15.8 Å². The summed E-state index contributed by atoms with van der Waals surface area (Å²) in [6.07, 6.45) is 5.25. The van der Waals surface area contributed by atoms with Crippen molar-refractivity contribution >= 4 is 46.9 Å². The van der Waals surface area contributed by atoms with Crippen LogP contribution in [0.5, 0.6) is 0 Å². The molecule has 1 aromatic heterocycles. The van der Waals surface area contributed by atoms with E-state index < -0.39 is 5.41 Å². The van der Waals surface area contributed by atoms with Crippen LogP contribution in [0.3, 0.4) is 0 Å². The summed E-state index contributed by atoms with van der Waals surface area (Å²) in [6.45, 7) is 1.48. The summed E-state index contributed by atoms with van der Waals surface area (Å²) in [4.78, 5) is 17.1. The third-order valence-corrected chi connectivity index (χ3v) is 5.09. The molecule has 0 saturated carbocycles. The number of halogens is 1. The van der Waals surface area contributed by atoms with E-state index in [1.165, 1.54) is 11.3 Å². The molecule has 2 heterocycles. The highest BCUT2D eigenvalue weighted by Gasteiger charge is 2.39. The maximum Gasteiger partial charge on any atom is 0.233 e. The lowest BCUT2D eigenvalue weighted by Gasteiger charge is -2.34. The van der Waals surface area contributed by atoms with Crippen LogP contribution in [0.1, 0.15) is 24.1 Å². The molecule has 134 valence electrons. The van der Waals surface area contributed by atoms with Gasteiger partial charge in [-0.15, -0.1) is 23.7 Å². The summed E-state index contributed by atoms with van der Waals surface area (Å²) in [5.74, 6) is -0.0544. The predicted molar refractivity (Wildman–Crippen MR) is 105 cm³/mol. The molecule has 1 aromatic carbocycles. The fraction of sp³-hybridized carbons (Fsp3) is 0.333. The van der Waals surface area contributed by atoms with Gasteiger partial charge in [0.05, 0.1) is 11.1 Å². The van der Waals surface area contributed by atoms with E-state index in [0.29, 0.717) is 37.7 Å². The van der Waals surface area contributed by atoms with Crippen LogP contribution >= 0.6 is 23.7 Å². The van der Waals surface area contributed by atoms with Crippen LogP contribution in [0.15, 0.2) is 35.7 Å². The Kier molecular flexibility index (Phi) is 7.13. The molecule has 0 bridgehead atoms. The Bertz CT molecular complexity index is 712. The number of carbonyl (C=O) groups is 1. The minimum Gasteiger partial charge on any atom is -0.381 e. The van der Waals surface area contributed by atoms with Crippen molar-refractivity contribution in [3.05, 3.63) is 47.0 Å². The van der Waals surface area contributed by atoms with Gasteiger partial charge in [0.1, 0.15) is 0 Å². The summed E-state index contributed by atoms with van der Waals surface area (Å²) in [6, 6.07) is 10.0. The molecular weight excluding hydrogens is 358 g/mol. The van der Waals surface area contributed by atoms with E-state index in [1.54, 1.807) is 0 Å². The van der Waals surface area contributed by atoms with Gasteiger partial charge in [0, 0.05) is 25.1 Å². The SMILES string of the molecule is Cl.NCC1(C(=O)Nc2nc(/C=C/c3ccccc3)cs2)CCOCC1. The minimum absolute atomic E-state index is 0. The lowest BCUT2D eigenvalue weighted by Crippen LogP contribution is -2.46. The number of nitrogens with one attached hydrogen (secondary N) is 1. The van der Waals surface area contributed by atoms with Crippen molar-refractivity contribution in [3.63, 3.8) is 0 Å². The molecule has 0 atom stereocenters. The topological polar surface area (TPSA) is 77.2 Å². The number of hydrogen-bond acceptors (Lipinski definition) is 5. The van der Waals surface area contributed by atoms with Crippen molar-refractivity contribution < 1.29 is 9.53 Å². The molecule has 3 rings (SSSR count). The van der Waals surface area contributed by atoms with Gasteiger partial charge in [-0.3, -0.25) is 4.79 Å². The number of nitrogens with two attached hydrogens (primary N) is 1. The second-order valence-corrected chi connectivity index (χ2v) is 6.73. The minimum atomic E-state index is -0.538. The van der Waals surface area contributed by atoms with E-state index >= 15 is 0 Å². The number of rotatable bonds is 5. The molecule has 0 unspecified atom stereocenters. The number of benzene rings is 1. The fourth-order valence-corrected chi connectivity index (χ4v) is 3.35. The first-order chi connectivity index (χ1) is 11.7. The second-order valence-electron chi connectivity index (χ2n) is 5.87. The summed E-state index contributed by atoms with van der Waals surface area (Å²) in [7, 11) is 0. The molecule has 1 aliphatic rings. The van der Waals surface area contributed by atoms with E-state index in [4.69, 9.17) is 10.5 Å². The first-order valence-electron chi connectivity index (χ1n) is 8.00. The van der Waals surface area contributed by atoms with Crippen LogP contribution in [-0.2, 0) is 9.53 Å². The fourth-order valence-electron chi connectivity index (χ4n) is 2.68. The molecule has 5 nitrogen and oxygen atoms in total. The van der Waals surface area contributed by atoms with Crippen molar-refractivity contribution in [1.29, 1.82) is 0 Å². The molecule has 0 spiro atoms. The normalized spacial score (nSPS) is 16.4. The van der Waals surface area contributed by atoms with Gasteiger partial charge in [0.2, 0.25) is 5.91 Å². The third kappa shape index (κ3) is 4.89. The van der Waals surface area contributed by atoms with Gasteiger partial charge >= 0.3 is 0 Å². The van der Waals surface area contributed by atoms with E-state index in [9.17, 15) is 4.79 Å². The maximum absolute atomic E-state index is 12.6. The largest absolute Gasteiger partial charge is 0.381 e. The first-order valence-corrected chi connectivity index (χ1v) is 8.88. The number of nitrogens with zero attached hydrogens (tertiary/aromatic N) is 1. The van der Waals surface area contributed by atoms with Crippen LogP contribution in [0, 0.1) is 5.41 Å². The van der Waals surface area contributed by atoms with Gasteiger partial charge in [0.25, 0.3) is 0 Å². The Morgan fingerprint density at radius 3 is 2.68 bits per heavy atom. The molecule has 3 N–H and O–H groups in total. The quantitative estimate of drug-likeness (QED) is 0.834. The number of ether oxygens (including phenoxy) is 1. The molecule has 1 saturated heterocycles. The average molecular weight is 380 g/mol. The van der Waals surface area contributed by atoms with Crippen molar-refractivity contribution in [1.82, 2.24) is 4.98 Å². The first kappa shape index (κ1) is 19.6. The van der Waals surface area contributed by atoms with E-state index in [1.807, 2.05) is 47.9 Å². The molecule has 1 aliphatic heterocycles. The average Bonchev–Trinajstić information content (AvgIpc) is 3.09. The van der Waals surface area contributed by atoms with Gasteiger partial charge in [-0.2, -0.15) is 0 Å². The zero-order valence-corrected chi connectivity index (χ0v) is 15.4. The van der Waals surface area contributed by atoms with Crippen molar-refractivity contribution in [2.75, 3.05) is 25.1 Å². The summed E-state index contributed by atoms with van der Waals surface area (Å²) in [5, 5.41) is 5.45. The van der Waals surface area contributed by atoms with Crippen LogP contribution in [0.25, 0.3) is 12.2 Å². The van der Waals surface area contributed by atoms with Crippen LogP contribution < -0.4 is 11.1 Å². The Balaban J connectivity index is 0.00000225. The molecule has 1 amide bonds. The van der Waals surface area contributed by atoms with E-state index in [-0.39, 0.29) is 18.3 Å². The van der Waals surface area contributed by atoms with E-state index in [2.05, 4.69) is 10.3 Å². The monoisotopic (exact) mass is 379 g/mol. The number of aromatic nitrogens is 1. The number of thiazole rings is 1. The Labute approximate surface area is 157 Å². The lowest BCUT2D eigenvalue weighted by atomic mass is 9.79. The highest BCUT2D eigenvalue weighted by molar-refractivity contribution is 7.14. The summed E-state index contributed by atoms with van der Waals surface area (Å²) >= 11 is 1.42. The molecule has 25 heavy (non-hydrogen) atoms. The van der Waals surface area contributed by atoms with E-state index in [0.717, 1.165) is 11.3 Å². The van der Waals surface area contributed by atoms with Crippen molar-refractivity contribution in [2.45, 2.75) is 12.8 Å². The third-order valence-electron chi connectivity index (χ3n) is 4.31. The number of hydrogen-bond donors (Lipinski definition) is 2. The molecule has 0 radical (unpaired) electrons. The summed E-state index contributed by atoms with van der Waals surface area (Å²) in [5.41, 5.74) is 7.27. The molecule has 2 aromatic rings. The summed E-state index contributed by atoms with van der Waals surface area (Å²) < 4.78 is 5.35. The standard InChI is InChI=1S/C18H21N3O2S.ClH/c19-13-18(8-10-23-11-9-18)16(22)21-17-20-15(12-24-17)7-6-14-4-2-1-3-5-14;/h1-7,12H,8-11,13,19H2,(H,20,21,22);1H/b7-6+;. The Morgan fingerprint density at radius 2 is 2.00 bits per heavy atom. The molecular formula is C18H22ClN3O2S. The molecule has 7 heteroatoms. The number of amides is 1. The Morgan fingerprint density at radius 1 is 1.28 bits per heavy atom. The zero-order valence-electron chi connectivity index (χ0n) is 13.8. The molecule has 1 fully saturated rings. The second kappa shape index (κ2) is 9.10. The highest BCUT2D eigenvalue weighted by Crippen LogP contribution is 2.31. The number of carbonyl (C=O) groups excluding carboxylic acids is 1. The van der Waals surface area contributed by atoms with Gasteiger partial charge in [-0.25, -0.2) is 4.98 Å². The van der Waals surface area contributed by atoms with Gasteiger partial charge in [-0.1, -0.05) is 36.4 Å². The lowest BCUT2D eigenvalue weighted by molar-refractivity contribution is -0.130. The maximum atomic E-state index is 12.6.